The van der Waals surface area contributed by atoms with Gasteiger partial charge >= 0.3 is 16.8 Å². The predicted molar refractivity (Wildman–Crippen MR) is 146 cm³/mol. The first-order chi connectivity index (χ1) is 17.9. The molecule has 3 heterocycles. The van der Waals surface area contributed by atoms with Gasteiger partial charge in [0.15, 0.2) is 11.6 Å². The van der Waals surface area contributed by atoms with Crippen molar-refractivity contribution >= 4 is 22.1 Å². The molecule has 2 aromatic carbocycles. The summed E-state index contributed by atoms with van der Waals surface area (Å²) in [6, 6.07) is 24.5. The molecule has 5 aromatic rings. The molecule has 2 fully saturated rings. The van der Waals surface area contributed by atoms with Gasteiger partial charge in [0.1, 0.15) is 11.4 Å². The smallest absolute Gasteiger partial charge is 1.00 e. The van der Waals surface area contributed by atoms with Crippen LogP contribution < -0.4 is 37.2 Å². The van der Waals surface area contributed by atoms with Crippen LogP contribution in [-0.2, 0) is 16.8 Å². The van der Waals surface area contributed by atoms with Gasteiger partial charge in [-0.1, -0.05) is 68.9 Å². The van der Waals surface area contributed by atoms with Crippen molar-refractivity contribution in [2.45, 2.75) is 76.3 Å². The number of hydrogen-bond donors (Lipinski definition) is 0. The molecule has 2 aliphatic rings. The van der Waals surface area contributed by atoms with Gasteiger partial charge in [-0.05, 0) is 62.1 Å². The SMILES string of the molecule is [Cl-].[Cl-].[Cl-].[Co+3].c1cc(-c2nc3ccccc3n2C2CCCCC2)nc(-c2nc3ccccc3n2C2CCCCC2)c1. The summed E-state index contributed by atoms with van der Waals surface area (Å²) >= 11 is 0. The Morgan fingerprint density at radius 3 is 1.30 bits per heavy atom. The van der Waals surface area contributed by atoms with Crippen LogP contribution in [-0.4, -0.2) is 24.1 Å². The van der Waals surface area contributed by atoms with E-state index in [1.165, 1.54) is 75.2 Å². The minimum atomic E-state index is 0. The fourth-order valence-electron chi connectivity index (χ4n) is 6.55. The van der Waals surface area contributed by atoms with Crippen molar-refractivity contribution in [1.29, 1.82) is 0 Å². The number of aromatic nitrogens is 5. The van der Waals surface area contributed by atoms with E-state index in [9.17, 15) is 0 Å². The van der Waals surface area contributed by atoms with Crippen LogP contribution in [0.5, 0.6) is 0 Å². The Bertz CT molecular complexity index is 1430. The molecule has 0 N–H and O–H groups in total. The number of para-hydroxylation sites is 4. The molecule has 5 nitrogen and oxygen atoms in total. The first kappa shape index (κ1) is 32.4. The molecule has 0 amide bonds. The van der Waals surface area contributed by atoms with E-state index in [4.69, 9.17) is 15.0 Å². The maximum Gasteiger partial charge on any atom is 3.00 e. The van der Waals surface area contributed by atoms with E-state index in [0.29, 0.717) is 12.1 Å². The third kappa shape index (κ3) is 5.93. The molecule has 212 valence electrons. The number of pyridine rings is 1. The van der Waals surface area contributed by atoms with Gasteiger partial charge in [0.25, 0.3) is 0 Å². The first-order valence-corrected chi connectivity index (χ1v) is 13.8. The maximum atomic E-state index is 5.25. The van der Waals surface area contributed by atoms with E-state index in [1.807, 2.05) is 0 Å². The molecule has 9 heteroatoms. The second-order valence-electron chi connectivity index (χ2n) is 10.6. The van der Waals surface area contributed by atoms with Gasteiger partial charge in [-0.25, -0.2) is 15.0 Å². The van der Waals surface area contributed by atoms with Crippen LogP contribution in [0.15, 0.2) is 66.7 Å². The molecule has 3 aromatic heterocycles. The number of nitrogens with zero attached hydrogens (tertiary/aromatic N) is 5. The van der Waals surface area contributed by atoms with Crippen molar-refractivity contribution in [3.63, 3.8) is 0 Å². The Morgan fingerprint density at radius 2 is 0.875 bits per heavy atom. The molecule has 0 aliphatic heterocycles. The number of benzene rings is 2. The summed E-state index contributed by atoms with van der Waals surface area (Å²) in [5.41, 5.74) is 6.44. The molecule has 0 saturated heterocycles. The minimum Gasteiger partial charge on any atom is -1.00 e. The van der Waals surface area contributed by atoms with Gasteiger partial charge in [-0.3, -0.25) is 0 Å². The van der Waals surface area contributed by atoms with Gasteiger partial charge < -0.3 is 46.4 Å². The van der Waals surface area contributed by atoms with Crippen molar-refractivity contribution in [3.05, 3.63) is 66.7 Å². The fraction of sp³-hybridized carbons (Fsp3) is 0.387. The summed E-state index contributed by atoms with van der Waals surface area (Å²) in [7, 11) is 0. The molecule has 0 radical (unpaired) electrons. The van der Waals surface area contributed by atoms with E-state index in [2.05, 4.69) is 75.9 Å². The third-order valence-corrected chi connectivity index (χ3v) is 8.28. The van der Waals surface area contributed by atoms with E-state index < -0.39 is 0 Å². The zero-order valence-electron chi connectivity index (χ0n) is 22.3. The normalized spacial score (nSPS) is 16.0. The molecular formula is C31H33Cl3CoN5. The van der Waals surface area contributed by atoms with Gasteiger partial charge in [0, 0.05) is 12.1 Å². The second kappa shape index (κ2) is 14.2. The summed E-state index contributed by atoms with van der Waals surface area (Å²) in [6.07, 6.45) is 12.7. The third-order valence-electron chi connectivity index (χ3n) is 8.28. The average Bonchev–Trinajstić information content (AvgIpc) is 3.53. The topological polar surface area (TPSA) is 48.5 Å². The van der Waals surface area contributed by atoms with Crippen molar-refractivity contribution in [2.24, 2.45) is 0 Å². The summed E-state index contributed by atoms with van der Waals surface area (Å²) in [5.74, 6) is 1.98. The van der Waals surface area contributed by atoms with Crippen LogP contribution in [0.25, 0.3) is 45.1 Å². The van der Waals surface area contributed by atoms with Crippen molar-refractivity contribution in [1.82, 2.24) is 24.1 Å². The number of hydrogen-bond acceptors (Lipinski definition) is 3. The molecular weight excluding hydrogens is 608 g/mol. The molecule has 40 heavy (non-hydrogen) atoms. The van der Waals surface area contributed by atoms with Crippen molar-refractivity contribution in [3.8, 4) is 23.0 Å². The van der Waals surface area contributed by atoms with E-state index in [0.717, 1.165) is 34.1 Å². The number of fused-ring (bicyclic) bond motifs is 2. The largest absolute Gasteiger partial charge is 3.00 e. The zero-order chi connectivity index (χ0) is 23.9. The summed E-state index contributed by atoms with van der Waals surface area (Å²) < 4.78 is 4.95. The number of rotatable bonds is 4. The molecule has 2 aliphatic carbocycles. The van der Waals surface area contributed by atoms with Gasteiger partial charge in [-0.2, -0.15) is 0 Å². The monoisotopic (exact) mass is 639 g/mol. The second-order valence-corrected chi connectivity index (χ2v) is 10.6. The molecule has 7 rings (SSSR count). The number of halogens is 3. The van der Waals surface area contributed by atoms with Gasteiger partial charge in [-0.15, -0.1) is 0 Å². The van der Waals surface area contributed by atoms with E-state index >= 15 is 0 Å². The average molecular weight is 641 g/mol. The minimum absolute atomic E-state index is 0. The summed E-state index contributed by atoms with van der Waals surface area (Å²) in [5, 5.41) is 0. The Labute approximate surface area is 265 Å². The van der Waals surface area contributed by atoms with Crippen LogP contribution in [0.3, 0.4) is 0 Å². The number of imidazole rings is 2. The standard InChI is InChI=1S/C31H33N5.3ClH.Co/c1-3-12-22(13-4-1)35-28-20-9-7-16-24(28)33-30(35)26-18-11-19-27(32-26)31-34-25-17-8-10-21-29(25)36(31)23-14-5-2-6-15-23;;;;/h7-11,16-23H,1-6,12-15H2;3*1H;/q;;;;+3/p-3. The van der Waals surface area contributed by atoms with Gasteiger partial charge in [0.2, 0.25) is 0 Å². The first-order valence-electron chi connectivity index (χ1n) is 13.8. The predicted octanol–water partition coefficient (Wildman–Crippen LogP) is -0.865. The van der Waals surface area contributed by atoms with Crippen LogP contribution in [0.1, 0.15) is 76.3 Å². The fourth-order valence-corrected chi connectivity index (χ4v) is 6.55. The van der Waals surface area contributed by atoms with Crippen molar-refractivity contribution in [2.75, 3.05) is 0 Å². The Balaban J connectivity index is 0.00000110. The van der Waals surface area contributed by atoms with Crippen molar-refractivity contribution < 1.29 is 54.0 Å². The molecule has 0 bridgehead atoms. The summed E-state index contributed by atoms with van der Waals surface area (Å²) in [6.45, 7) is 0. The quantitative estimate of drug-likeness (QED) is 0.257. The molecule has 0 unspecified atom stereocenters. The van der Waals surface area contributed by atoms with Crippen LogP contribution in [0.4, 0.5) is 0 Å². The molecule has 2 saturated carbocycles. The maximum absolute atomic E-state index is 5.25. The zero-order valence-corrected chi connectivity index (χ0v) is 25.6. The molecule has 0 spiro atoms. The van der Waals surface area contributed by atoms with Crippen LogP contribution in [0, 0.1) is 0 Å². The van der Waals surface area contributed by atoms with Gasteiger partial charge in [0.05, 0.1) is 22.1 Å². The molecule has 0 atom stereocenters. The van der Waals surface area contributed by atoms with Crippen LogP contribution in [0.2, 0.25) is 0 Å². The summed E-state index contributed by atoms with van der Waals surface area (Å²) in [4.78, 5) is 15.5. The van der Waals surface area contributed by atoms with Crippen LogP contribution >= 0.6 is 0 Å². The Hall–Kier alpha value is -2.09. The van der Waals surface area contributed by atoms with E-state index in [1.54, 1.807) is 0 Å². The Morgan fingerprint density at radius 1 is 0.475 bits per heavy atom. The Kier molecular flexibility index (Phi) is 11.5. The van der Waals surface area contributed by atoms with E-state index in [-0.39, 0.29) is 54.0 Å².